The van der Waals surface area contributed by atoms with Crippen LogP contribution in [-0.4, -0.2) is 14.8 Å². The first-order valence-corrected chi connectivity index (χ1v) is 5.07. The van der Waals surface area contributed by atoms with Gasteiger partial charge in [-0.25, -0.2) is 5.43 Å². The molecule has 84 valence electrons. The lowest BCUT2D eigenvalue weighted by Gasteiger charge is -2.16. The third-order valence-electron chi connectivity index (χ3n) is 2.62. The number of aryl methyl sites for hydroxylation is 2. The van der Waals surface area contributed by atoms with Crippen molar-refractivity contribution in [1.82, 2.24) is 20.2 Å². The van der Waals surface area contributed by atoms with Gasteiger partial charge >= 0.3 is 0 Å². The van der Waals surface area contributed by atoms with E-state index in [1.54, 1.807) is 17.1 Å². The summed E-state index contributed by atoms with van der Waals surface area (Å²) in [4.78, 5) is 4.12. The summed E-state index contributed by atoms with van der Waals surface area (Å²) in [6.45, 7) is 2.04. The van der Waals surface area contributed by atoms with Crippen molar-refractivity contribution < 1.29 is 0 Å². The number of aromatic nitrogens is 3. The first kappa shape index (κ1) is 10.8. The average molecular weight is 217 g/mol. The molecule has 0 radical (unpaired) electrons. The highest BCUT2D eigenvalue weighted by Gasteiger charge is 2.15. The molecule has 0 amide bonds. The molecule has 1 atom stereocenters. The molecule has 5 heteroatoms. The van der Waals surface area contributed by atoms with Crippen LogP contribution in [-0.2, 0) is 7.05 Å². The molecule has 0 aliphatic heterocycles. The van der Waals surface area contributed by atoms with Gasteiger partial charge in [-0.2, -0.15) is 5.10 Å². The maximum atomic E-state index is 5.60. The standard InChI is InChI=1S/C11H15N5/c1-8-3-4-13-6-10(8)11(15-12)9-5-14-16(2)7-9/h3-7,11,15H,12H2,1-2H3. The number of hydrogen-bond acceptors (Lipinski definition) is 4. The van der Waals surface area contributed by atoms with Crippen molar-refractivity contribution in [2.24, 2.45) is 12.9 Å². The minimum Gasteiger partial charge on any atom is -0.275 e. The lowest BCUT2D eigenvalue weighted by Crippen LogP contribution is -2.29. The van der Waals surface area contributed by atoms with E-state index < -0.39 is 0 Å². The minimum absolute atomic E-state index is 0.0672. The van der Waals surface area contributed by atoms with Crippen LogP contribution < -0.4 is 11.3 Å². The highest BCUT2D eigenvalue weighted by Crippen LogP contribution is 2.22. The lowest BCUT2D eigenvalue weighted by molar-refractivity contribution is 0.630. The highest BCUT2D eigenvalue weighted by molar-refractivity contribution is 5.32. The van der Waals surface area contributed by atoms with Crippen molar-refractivity contribution >= 4 is 0 Å². The molecule has 2 aromatic heterocycles. The van der Waals surface area contributed by atoms with Crippen LogP contribution in [0.25, 0.3) is 0 Å². The monoisotopic (exact) mass is 217 g/mol. The zero-order valence-electron chi connectivity index (χ0n) is 9.38. The van der Waals surface area contributed by atoms with E-state index in [0.717, 1.165) is 16.7 Å². The van der Waals surface area contributed by atoms with Gasteiger partial charge in [-0.3, -0.25) is 15.5 Å². The molecular formula is C11H15N5. The first-order chi connectivity index (χ1) is 7.72. The normalized spacial score (nSPS) is 12.7. The zero-order chi connectivity index (χ0) is 11.5. The third kappa shape index (κ3) is 1.95. The molecule has 0 aliphatic rings. The van der Waals surface area contributed by atoms with Crippen molar-refractivity contribution in [2.45, 2.75) is 13.0 Å². The van der Waals surface area contributed by atoms with Crippen LogP contribution in [0.15, 0.2) is 30.9 Å². The predicted molar refractivity (Wildman–Crippen MR) is 61.3 cm³/mol. The van der Waals surface area contributed by atoms with Crippen molar-refractivity contribution in [3.8, 4) is 0 Å². The number of nitrogens with one attached hydrogen (secondary N) is 1. The van der Waals surface area contributed by atoms with E-state index >= 15 is 0 Å². The Hall–Kier alpha value is -1.72. The molecule has 5 nitrogen and oxygen atoms in total. The summed E-state index contributed by atoms with van der Waals surface area (Å²) in [6.07, 6.45) is 7.34. The Kier molecular flexibility index (Phi) is 2.98. The Morgan fingerprint density at radius 3 is 2.81 bits per heavy atom. The average Bonchev–Trinajstić information content (AvgIpc) is 2.69. The minimum atomic E-state index is -0.0672. The molecule has 0 saturated heterocycles. The van der Waals surface area contributed by atoms with E-state index in [0.29, 0.717) is 0 Å². The quantitative estimate of drug-likeness (QED) is 0.586. The molecule has 0 bridgehead atoms. The number of rotatable bonds is 3. The van der Waals surface area contributed by atoms with E-state index in [9.17, 15) is 0 Å². The second kappa shape index (κ2) is 4.42. The summed E-state index contributed by atoms with van der Waals surface area (Å²) >= 11 is 0. The van der Waals surface area contributed by atoms with E-state index in [-0.39, 0.29) is 6.04 Å². The van der Waals surface area contributed by atoms with E-state index in [4.69, 9.17) is 5.84 Å². The second-order valence-electron chi connectivity index (χ2n) is 3.78. The van der Waals surface area contributed by atoms with Crippen molar-refractivity contribution in [3.05, 3.63) is 47.5 Å². The summed E-state index contributed by atoms with van der Waals surface area (Å²) in [5.41, 5.74) is 6.05. The summed E-state index contributed by atoms with van der Waals surface area (Å²) in [5, 5.41) is 4.14. The van der Waals surface area contributed by atoms with Crippen LogP contribution in [0.1, 0.15) is 22.7 Å². The number of nitrogens with zero attached hydrogens (tertiary/aromatic N) is 3. The predicted octanol–water partition coefficient (Wildman–Crippen LogP) is 0.676. The van der Waals surface area contributed by atoms with Crippen molar-refractivity contribution in [2.75, 3.05) is 0 Å². The van der Waals surface area contributed by atoms with Gasteiger partial charge < -0.3 is 0 Å². The molecule has 2 heterocycles. The highest BCUT2D eigenvalue weighted by atomic mass is 15.3. The molecule has 0 spiro atoms. The van der Waals surface area contributed by atoms with Gasteiger partial charge in [0.25, 0.3) is 0 Å². The van der Waals surface area contributed by atoms with Crippen LogP contribution in [0, 0.1) is 6.92 Å². The molecule has 2 aromatic rings. The van der Waals surface area contributed by atoms with Gasteiger partial charge in [0, 0.05) is 31.2 Å². The summed E-state index contributed by atoms with van der Waals surface area (Å²) < 4.78 is 1.76. The van der Waals surface area contributed by atoms with Crippen LogP contribution in [0.2, 0.25) is 0 Å². The molecule has 16 heavy (non-hydrogen) atoms. The maximum absolute atomic E-state index is 5.60. The second-order valence-corrected chi connectivity index (χ2v) is 3.78. The molecular weight excluding hydrogens is 202 g/mol. The van der Waals surface area contributed by atoms with E-state index in [2.05, 4.69) is 15.5 Å². The number of hydrogen-bond donors (Lipinski definition) is 2. The summed E-state index contributed by atoms with van der Waals surface area (Å²) in [5.74, 6) is 5.60. The van der Waals surface area contributed by atoms with E-state index in [1.807, 2.05) is 32.4 Å². The van der Waals surface area contributed by atoms with Gasteiger partial charge in [0.1, 0.15) is 0 Å². The molecule has 2 rings (SSSR count). The third-order valence-corrected chi connectivity index (χ3v) is 2.62. The number of nitrogens with two attached hydrogens (primary N) is 1. The maximum Gasteiger partial charge on any atom is 0.0758 e. The van der Waals surface area contributed by atoms with Crippen LogP contribution in [0.3, 0.4) is 0 Å². The fourth-order valence-electron chi connectivity index (χ4n) is 1.73. The topological polar surface area (TPSA) is 68.8 Å². The van der Waals surface area contributed by atoms with Gasteiger partial charge in [-0.15, -0.1) is 0 Å². The Morgan fingerprint density at radius 1 is 1.44 bits per heavy atom. The Balaban J connectivity index is 2.40. The Labute approximate surface area is 94.3 Å². The first-order valence-electron chi connectivity index (χ1n) is 5.07. The fourth-order valence-corrected chi connectivity index (χ4v) is 1.73. The van der Waals surface area contributed by atoms with Gasteiger partial charge in [0.15, 0.2) is 0 Å². The van der Waals surface area contributed by atoms with Crippen molar-refractivity contribution in [1.29, 1.82) is 0 Å². The number of pyridine rings is 1. The summed E-state index contributed by atoms with van der Waals surface area (Å²) in [7, 11) is 1.88. The van der Waals surface area contributed by atoms with Gasteiger partial charge in [-0.05, 0) is 24.1 Å². The van der Waals surface area contributed by atoms with Gasteiger partial charge in [0.05, 0.1) is 12.2 Å². The van der Waals surface area contributed by atoms with Gasteiger partial charge in [-0.1, -0.05) is 0 Å². The van der Waals surface area contributed by atoms with Crippen LogP contribution >= 0.6 is 0 Å². The fraction of sp³-hybridized carbons (Fsp3) is 0.273. The number of hydrazine groups is 1. The largest absolute Gasteiger partial charge is 0.275 e. The summed E-state index contributed by atoms with van der Waals surface area (Å²) in [6, 6.07) is 1.90. The molecule has 0 saturated carbocycles. The van der Waals surface area contributed by atoms with Crippen molar-refractivity contribution in [3.63, 3.8) is 0 Å². The Bertz CT molecular complexity index is 477. The Morgan fingerprint density at radius 2 is 2.25 bits per heavy atom. The van der Waals surface area contributed by atoms with Crippen LogP contribution in [0.5, 0.6) is 0 Å². The van der Waals surface area contributed by atoms with Gasteiger partial charge in [0.2, 0.25) is 0 Å². The lowest BCUT2D eigenvalue weighted by atomic mass is 10.00. The smallest absolute Gasteiger partial charge is 0.0758 e. The van der Waals surface area contributed by atoms with Crippen LogP contribution in [0.4, 0.5) is 0 Å². The SMILES string of the molecule is Cc1ccncc1C(NN)c1cnn(C)c1. The van der Waals surface area contributed by atoms with E-state index in [1.165, 1.54) is 0 Å². The molecule has 0 aromatic carbocycles. The molecule has 0 fully saturated rings. The molecule has 3 N–H and O–H groups in total. The molecule has 1 unspecified atom stereocenters. The molecule has 0 aliphatic carbocycles. The zero-order valence-corrected chi connectivity index (χ0v) is 9.38.